The van der Waals surface area contributed by atoms with Crippen LogP contribution < -0.4 is 4.74 Å². The van der Waals surface area contributed by atoms with Gasteiger partial charge in [0.1, 0.15) is 5.75 Å². The van der Waals surface area contributed by atoms with Crippen molar-refractivity contribution in [3.8, 4) is 5.75 Å². The lowest BCUT2D eigenvalue weighted by atomic mass is 9.93. The van der Waals surface area contributed by atoms with Gasteiger partial charge in [0.05, 0.1) is 13.2 Å². The fourth-order valence-corrected chi connectivity index (χ4v) is 1.62. The Balaban J connectivity index is 2.90. The Kier molecular flexibility index (Phi) is 4.80. The topological polar surface area (TPSA) is 29.5 Å². The molecule has 0 aliphatic rings. The molecular weight excluding hydrogens is 200 g/mol. The van der Waals surface area contributed by atoms with Gasteiger partial charge in [-0.25, -0.2) is 0 Å². The Bertz CT molecular complexity index is 352. The Morgan fingerprint density at radius 2 is 1.94 bits per heavy atom. The van der Waals surface area contributed by atoms with Gasteiger partial charge >= 0.3 is 0 Å². The molecule has 2 unspecified atom stereocenters. The molecule has 0 bridgehead atoms. The third kappa shape index (κ3) is 2.97. The monoisotopic (exact) mass is 218 g/mol. The molecule has 1 aromatic carbocycles. The first kappa shape index (κ1) is 12.5. The zero-order chi connectivity index (χ0) is 12.0. The van der Waals surface area contributed by atoms with Crippen LogP contribution in [0.1, 0.15) is 18.4 Å². The van der Waals surface area contributed by atoms with E-state index in [0.717, 1.165) is 11.3 Å². The van der Waals surface area contributed by atoms with Gasteiger partial charge in [0.15, 0.2) is 0 Å². The molecule has 2 atom stereocenters. The molecule has 1 rings (SSSR count). The molecular formula is C14H18O2. The van der Waals surface area contributed by atoms with Crippen LogP contribution >= 0.6 is 0 Å². The van der Waals surface area contributed by atoms with Gasteiger partial charge in [-0.15, -0.1) is 6.58 Å². The van der Waals surface area contributed by atoms with Crippen molar-refractivity contribution in [1.82, 2.24) is 0 Å². The number of allylic oxidation sites excluding steroid dienone is 1. The number of methoxy groups -OCH3 is 1. The predicted octanol–water partition coefficient (Wildman–Crippen LogP) is 2.90. The first-order chi connectivity index (χ1) is 7.72. The van der Waals surface area contributed by atoms with Crippen molar-refractivity contribution in [3.05, 3.63) is 54.6 Å². The molecule has 0 aliphatic carbocycles. The Labute approximate surface area is 96.9 Å². The van der Waals surface area contributed by atoms with E-state index >= 15 is 0 Å². The van der Waals surface area contributed by atoms with Crippen molar-refractivity contribution < 1.29 is 9.84 Å². The molecule has 2 nitrogen and oxygen atoms in total. The van der Waals surface area contributed by atoms with E-state index in [9.17, 15) is 5.11 Å². The third-order valence-corrected chi connectivity index (χ3v) is 2.51. The zero-order valence-electron chi connectivity index (χ0n) is 9.76. The van der Waals surface area contributed by atoms with Gasteiger partial charge in [-0.05, 0) is 24.6 Å². The van der Waals surface area contributed by atoms with E-state index in [-0.39, 0.29) is 5.92 Å². The van der Waals surface area contributed by atoms with E-state index in [1.54, 1.807) is 19.3 Å². The number of rotatable bonds is 5. The van der Waals surface area contributed by atoms with Crippen molar-refractivity contribution in [3.63, 3.8) is 0 Å². The molecule has 0 heterocycles. The van der Waals surface area contributed by atoms with Crippen LogP contribution in [0.3, 0.4) is 0 Å². The van der Waals surface area contributed by atoms with Crippen LogP contribution in [-0.4, -0.2) is 18.3 Å². The molecule has 0 saturated heterocycles. The number of aliphatic hydroxyl groups excluding tert-OH is 1. The van der Waals surface area contributed by atoms with Crippen LogP contribution in [0.5, 0.6) is 5.75 Å². The maximum absolute atomic E-state index is 9.90. The summed E-state index contributed by atoms with van der Waals surface area (Å²) in [4.78, 5) is 0. The van der Waals surface area contributed by atoms with E-state index in [1.807, 2.05) is 37.3 Å². The van der Waals surface area contributed by atoms with E-state index in [1.165, 1.54) is 0 Å². The number of benzene rings is 1. The highest BCUT2D eigenvalue weighted by Gasteiger charge is 2.14. The number of ether oxygens (including phenoxy) is 1. The smallest absolute Gasteiger partial charge is 0.118 e. The number of hydrogen-bond acceptors (Lipinski definition) is 2. The quantitative estimate of drug-likeness (QED) is 0.770. The van der Waals surface area contributed by atoms with Gasteiger partial charge in [-0.3, -0.25) is 0 Å². The van der Waals surface area contributed by atoms with Crippen LogP contribution in [0.4, 0.5) is 0 Å². The number of aliphatic hydroxyl groups is 1. The second-order valence-electron chi connectivity index (χ2n) is 3.55. The summed E-state index contributed by atoms with van der Waals surface area (Å²) >= 11 is 0. The molecule has 0 aromatic heterocycles. The molecule has 0 aliphatic heterocycles. The predicted molar refractivity (Wildman–Crippen MR) is 66.8 cm³/mol. The van der Waals surface area contributed by atoms with Gasteiger partial charge in [0.2, 0.25) is 0 Å². The maximum Gasteiger partial charge on any atom is 0.118 e. The standard InChI is InChI=1S/C14H18O2/c1-4-6-14(15)13(5-2)11-7-9-12(16-3)10-8-11/h4-10,13-15H,2H2,1,3H3/b6-4+. The molecule has 0 amide bonds. The highest BCUT2D eigenvalue weighted by atomic mass is 16.5. The SMILES string of the molecule is C=CC(c1ccc(OC)cc1)C(O)/C=C/C. The van der Waals surface area contributed by atoms with Gasteiger partial charge in [-0.1, -0.05) is 30.4 Å². The minimum absolute atomic E-state index is 0.0814. The van der Waals surface area contributed by atoms with Crippen LogP contribution in [0.2, 0.25) is 0 Å². The first-order valence-corrected chi connectivity index (χ1v) is 5.30. The fourth-order valence-electron chi connectivity index (χ4n) is 1.62. The van der Waals surface area contributed by atoms with E-state index in [2.05, 4.69) is 6.58 Å². The molecule has 0 radical (unpaired) electrons. The Morgan fingerprint density at radius 3 is 2.38 bits per heavy atom. The van der Waals surface area contributed by atoms with E-state index in [4.69, 9.17) is 4.74 Å². The summed E-state index contributed by atoms with van der Waals surface area (Å²) in [6.07, 6.45) is 4.82. The third-order valence-electron chi connectivity index (χ3n) is 2.51. The summed E-state index contributed by atoms with van der Waals surface area (Å²) < 4.78 is 5.09. The van der Waals surface area contributed by atoms with Gasteiger partial charge in [-0.2, -0.15) is 0 Å². The average molecular weight is 218 g/mol. The summed E-state index contributed by atoms with van der Waals surface area (Å²) in [5, 5.41) is 9.90. The van der Waals surface area contributed by atoms with E-state index < -0.39 is 6.10 Å². The normalized spacial score (nSPS) is 14.7. The van der Waals surface area contributed by atoms with Gasteiger partial charge in [0.25, 0.3) is 0 Å². The van der Waals surface area contributed by atoms with Crippen molar-refractivity contribution in [2.75, 3.05) is 7.11 Å². The molecule has 1 aromatic rings. The zero-order valence-corrected chi connectivity index (χ0v) is 9.76. The van der Waals surface area contributed by atoms with Crippen molar-refractivity contribution in [1.29, 1.82) is 0 Å². The average Bonchev–Trinajstić information content (AvgIpc) is 2.31. The molecule has 0 fully saturated rings. The Hall–Kier alpha value is -1.54. The minimum Gasteiger partial charge on any atom is -0.497 e. The summed E-state index contributed by atoms with van der Waals surface area (Å²) in [5.74, 6) is 0.731. The first-order valence-electron chi connectivity index (χ1n) is 5.30. The molecule has 0 saturated carbocycles. The largest absolute Gasteiger partial charge is 0.497 e. The molecule has 1 N–H and O–H groups in total. The summed E-state index contributed by atoms with van der Waals surface area (Å²) in [7, 11) is 1.63. The maximum atomic E-state index is 9.90. The second kappa shape index (κ2) is 6.13. The van der Waals surface area contributed by atoms with Crippen molar-refractivity contribution in [2.45, 2.75) is 18.9 Å². The molecule has 2 heteroatoms. The van der Waals surface area contributed by atoms with Crippen LogP contribution in [-0.2, 0) is 0 Å². The summed E-state index contributed by atoms with van der Waals surface area (Å²) in [5.41, 5.74) is 1.03. The molecule has 0 spiro atoms. The summed E-state index contributed by atoms with van der Waals surface area (Å²) in [6, 6.07) is 7.65. The lowest BCUT2D eigenvalue weighted by Gasteiger charge is -2.17. The Morgan fingerprint density at radius 1 is 1.31 bits per heavy atom. The van der Waals surface area contributed by atoms with Crippen LogP contribution in [0.15, 0.2) is 49.1 Å². The highest BCUT2D eigenvalue weighted by molar-refractivity contribution is 5.32. The van der Waals surface area contributed by atoms with Crippen molar-refractivity contribution in [2.24, 2.45) is 0 Å². The fraction of sp³-hybridized carbons (Fsp3) is 0.286. The van der Waals surface area contributed by atoms with E-state index in [0.29, 0.717) is 0 Å². The number of hydrogen-bond donors (Lipinski definition) is 1. The summed E-state index contributed by atoms with van der Waals surface area (Å²) in [6.45, 7) is 5.64. The van der Waals surface area contributed by atoms with Crippen LogP contribution in [0.25, 0.3) is 0 Å². The second-order valence-corrected chi connectivity index (χ2v) is 3.55. The van der Waals surface area contributed by atoms with Gasteiger partial charge in [0, 0.05) is 5.92 Å². The minimum atomic E-state index is -0.532. The molecule has 86 valence electrons. The lowest BCUT2D eigenvalue weighted by Crippen LogP contribution is -2.13. The van der Waals surface area contributed by atoms with Gasteiger partial charge < -0.3 is 9.84 Å². The lowest BCUT2D eigenvalue weighted by molar-refractivity contribution is 0.207. The highest BCUT2D eigenvalue weighted by Crippen LogP contribution is 2.24. The van der Waals surface area contributed by atoms with Crippen LogP contribution in [0, 0.1) is 0 Å². The van der Waals surface area contributed by atoms with Crippen molar-refractivity contribution >= 4 is 0 Å². The molecule has 16 heavy (non-hydrogen) atoms.